The van der Waals surface area contributed by atoms with Crippen LogP contribution in [0.3, 0.4) is 0 Å². The van der Waals surface area contributed by atoms with Gasteiger partial charge in [-0.3, -0.25) is 4.79 Å². The molecule has 2 atom stereocenters. The van der Waals surface area contributed by atoms with Crippen LogP contribution in [0.15, 0.2) is 43.0 Å². The summed E-state index contributed by atoms with van der Waals surface area (Å²) in [5.41, 5.74) is 2.30. The van der Waals surface area contributed by atoms with E-state index in [4.69, 9.17) is 4.74 Å². The Kier molecular flexibility index (Phi) is 6.12. The minimum absolute atomic E-state index is 0.0975. The predicted octanol–water partition coefficient (Wildman–Crippen LogP) is 3.47. The summed E-state index contributed by atoms with van der Waals surface area (Å²) in [5, 5.41) is 2.96. The van der Waals surface area contributed by atoms with Gasteiger partial charge in [0.15, 0.2) is 0 Å². The van der Waals surface area contributed by atoms with Gasteiger partial charge in [-0.05, 0) is 30.4 Å². The topological polar surface area (TPSA) is 64.1 Å². The Balaban J connectivity index is 1.55. The maximum Gasteiger partial charge on any atom is 0.251 e. The van der Waals surface area contributed by atoms with Crippen molar-refractivity contribution in [1.29, 1.82) is 0 Å². The van der Waals surface area contributed by atoms with Gasteiger partial charge in [0.05, 0.1) is 12.7 Å². The molecule has 0 radical (unpaired) electrons. The second kappa shape index (κ2) is 8.72. The third-order valence-electron chi connectivity index (χ3n) is 4.80. The Hall–Kier alpha value is -2.27. The number of amides is 1. The Morgan fingerprint density at radius 2 is 1.96 bits per heavy atom. The number of nitrogens with zero attached hydrogens (tertiary/aromatic N) is 2. The highest BCUT2D eigenvalue weighted by molar-refractivity contribution is 6.00. The predicted molar refractivity (Wildman–Crippen MR) is 97.2 cm³/mol. The van der Waals surface area contributed by atoms with Gasteiger partial charge in [0.25, 0.3) is 5.91 Å². The first kappa shape index (κ1) is 17.5. The van der Waals surface area contributed by atoms with E-state index in [0.717, 1.165) is 17.5 Å². The summed E-state index contributed by atoms with van der Waals surface area (Å²) in [4.78, 5) is 20.6. The number of carbonyl (C=O) groups is 1. The summed E-state index contributed by atoms with van der Waals surface area (Å²) in [5.74, 6) is 0.517. The van der Waals surface area contributed by atoms with Gasteiger partial charge >= 0.3 is 0 Å². The first-order valence-corrected chi connectivity index (χ1v) is 9.00. The van der Waals surface area contributed by atoms with Crippen LogP contribution in [-0.2, 0) is 4.74 Å². The number of hydrogen-bond donors (Lipinski definition) is 1. The van der Waals surface area contributed by atoms with Crippen LogP contribution in [0.5, 0.6) is 0 Å². The average molecular weight is 339 g/mol. The first-order valence-electron chi connectivity index (χ1n) is 9.00. The summed E-state index contributed by atoms with van der Waals surface area (Å²) in [6.07, 6.45) is 10.2. The summed E-state index contributed by atoms with van der Waals surface area (Å²) in [6, 6.07) is 7.50. The SMILES string of the molecule is C[C@H]1CCCC[C@H]1OCCNC(=O)c1ccccc1-c1cncnc1. The number of hydrogen-bond acceptors (Lipinski definition) is 4. The van der Waals surface area contributed by atoms with Crippen LogP contribution in [0, 0.1) is 5.92 Å². The van der Waals surface area contributed by atoms with E-state index >= 15 is 0 Å². The van der Waals surface area contributed by atoms with Crippen molar-refractivity contribution in [3.8, 4) is 11.1 Å². The molecule has 1 aliphatic carbocycles. The first-order chi connectivity index (χ1) is 12.3. The van der Waals surface area contributed by atoms with Crippen molar-refractivity contribution in [3.05, 3.63) is 48.5 Å². The lowest BCUT2D eigenvalue weighted by Gasteiger charge is -2.28. The molecule has 0 saturated heterocycles. The van der Waals surface area contributed by atoms with Crippen LogP contribution in [0.25, 0.3) is 11.1 Å². The van der Waals surface area contributed by atoms with Crippen molar-refractivity contribution < 1.29 is 9.53 Å². The van der Waals surface area contributed by atoms with Crippen molar-refractivity contribution in [1.82, 2.24) is 15.3 Å². The van der Waals surface area contributed by atoms with Crippen molar-refractivity contribution >= 4 is 5.91 Å². The molecule has 5 heteroatoms. The van der Waals surface area contributed by atoms with E-state index in [1.54, 1.807) is 12.4 Å². The van der Waals surface area contributed by atoms with E-state index in [1.807, 2.05) is 24.3 Å². The molecule has 0 aliphatic heterocycles. The molecule has 0 spiro atoms. The molecule has 132 valence electrons. The van der Waals surface area contributed by atoms with Gasteiger partial charge in [-0.2, -0.15) is 0 Å². The largest absolute Gasteiger partial charge is 0.376 e. The molecule has 1 aliphatic rings. The third-order valence-corrected chi connectivity index (χ3v) is 4.80. The second-order valence-corrected chi connectivity index (χ2v) is 6.60. The fourth-order valence-corrected chi connectivity index (χ4v) is 3.37. The number of rotatable bonds is 6. The summed E-state index contributed by atoms with van der Waals surface area (Å²) in [6.45, 7) is 3.32. The van der Waals surface area contributed by atoms with E-state index < -0.39 is 0 Å². The lowest BCUT2D eigenvalue weighted by atomic mass is 9.88. The molecular weight excluding hydrogens is 314 g/mol. The Morgan fingerprint density at radius 1 is 1.20 bits per heavy atom. The summed E-state index contributed by atoms with van der Waals surface area (Å²) < 4.78 is 5.96. The zero-order valence-electron chi connectivity index (χ0n) is 14.6. The lowest BCUT2D eigenvalue weighted by molar-refractivity contribution is -0.00293. The molecule has 1 aromatic heterocycles. The summed E-state index contributed by atoms with van der Waals surface area (Å²) in [7, 11) is 0. The minimum Gasteiger partial charge on any atom is -0.376 e. The van der Waals surface area contributed by atoms with E-state index in [-0.39, 0.29) is 5.91 Å². The van der Waals surface area contributed by atoms with Crippen molar-refractivity contribution in [2.75, 3.05) is 13.2 Å². The molecule has 1 N–H and O–H groups in total. The van der Waals surface area contributed by atoms with Crippen LogP contribution in [0.2, 0.25) is 0 Å². The van der Waals surface area contributed by atoms with Gasteiger partial charge in [-0.25, -0.2) is 9.97 Å². The molecule has 1 heterocycles. The quantitative estimate of drug-likeness (QED) is 0.819. The second-order valence-electron chi connectivity index (χ2n) is 6.60. The van der Waals surface area contributed by atoms with Gasteiger partial charge < -0.3 is 10.1 Å². The molecule has 25 heavy (non-hydrogen) atoms. The molecule has 2 aromatic rings. The van der Waals surface area contributed by atoms with E-state index in [2.05, 4.69) is 22.2 Å². The van der Waals surface area contributed by atoms with Crippen LogP contribution in [0.4, 0.5) is 0 Å². The highest BCUT2D eigenvalue weighted by Crippen LogP contribution is 2.26. The van der Waals surface area contributed by atoms with Gasteiger partial charge in [0.1, 0.15) is 6.33 Å². The molecule has 0 unspecified atom stereocenters. The molecular formula is C20H25N3O2. The third kappa shape index (κ3) is 4.63. The summed E-state index contributed by atoms with van der Waals surface area (Å²) >= 11 is 0. The van der Waals surface area contributed by atoms with Crippen molar-refractivity contribution in [2.45, 2.75) is 38.7 Å². The highest BCUT2D eigenvalue weighted by atomic mass is 16.5. The fraction of sp³-hybridized carbons (Fsp3) is 0.450. The highest BCUT2D eigenvalue weighted by Gasteiger charge is 2.21. The van der Waals surface area contributed by atoms with Crippen molar-refractivity contribution in [2.24, 2.45) is 5.92 Å². The Labute approximate surface area is 148 Å². The van der Waals surface area contributed by atoms with E-state index in [1.165, 1.54) is 25.6 Å². The molecule has 1 saturated carbocycles. The molecule has 1 aromatic carbocycles. The number of carbonyl (C=O) groups excluding carboxylic acids is 1. The number of nitrogens with one attached hydrogen (secondary N) is 1. The molecule has 5 nitrogen and oxygen atoms in total. The smallest absolute Gasteiger partial charge is 0.251 e. The van der Waals surface area contributed by atoms with E-state index in [0.29, 0.717) is 30.7 Å². The molecule has 3 rings (SSSR count). The van der Waals surface area contributed by atoms with Gasteiger partial charge in [0, 0.05) is 30.1 Å². The number of ether oxygens (including phenoxy) is 1. The van der Waals surface area contributed by atoms with Crippen LogP contribution in [0.1, 0.15) is 43.0 Å². The van der Waals surface area contributed by atoms with E-state index in [9.17, 15) is 4.79 Å². The molecule has 1 amide bonds. The Morgan fingerprint density at radius 3 is 2.76 bits per heavy atom. The fourth-order valence-electron chi connectivity index (χ4n) is 3.37. The molecule has 0 bridgehead atoms. The average Bonchev–Trinajstić information content (AvgIpc) is 2.67. The van der Waals surface area contributed by atoms with Gasteiger partial charge in [0.2, 0.25) is 0 Å². The zero-order chi connectivity index (χ0) is 17.5. The molecule has 1 fully saturated rings. The number of aromatic nitrogens is 2. The normalized spacial score (nSPS) is 20.2. The number of benzene rings is 1. The Bertz CT molecular complexity index is 690. The maximum atomic E-state index is 12.5. The van der Waals surface area contributed by atoms with Crippen LogP contribution in [-0.4, -0.2) is 35.1 Å². The van der Waals surface area contributed by atoms with Crippen LogP contribution < -0.4 is 5.32 Å². The lowest BCUT2D eigenvalue weighted by Crippen LogP contribution is -2.32. The standard InChI is InChI=1S/C20H25N3O2/c1-15-6-2-5-9-19(15)25-11-10-23-20(24)18-8-4-3-7-17(18)16-12-21-14-22-13-16/h3-4,7-8,12-15,19H,2,5-6,9-11H2,1H3,(H,23,24)/t15-,19+/m0/s1. The van der Waals surface area contributed by atoms with Crippen molar-refractivity contribution in [3.63, 3.8) is 0 Å². The zero-order valence-corrected chi connectivity index (χ0v) is 14.6. The monoisotopic (exact) mass is 339 g/mol. The van der Waals surface area contributed by atoms with Gasteiger partial charge in [-0.15, -0.1) is 0 Å². The van der Waals surface area contributed by atoms with Gasteiger partial charge in [-0.1, -0.05) is 38.0 Å². The minimum atomic E-state index is -0.0975. The maximum absolute atomic E-state index is 12.5. The van der Waals surface area contributed by atoms with Crippen LogP contribution >= 0.6 is 0 Å².